The monoisotopic (exact) mass is 271 g/mol. The van der Waals surface area contributed by atoms with Crippen LogP contribution in [0.2, 0.25) is 0 Å². The molecule has 2 rings (SSSR count). The van der Waals surface area contributed by atoms with Gasteiger partial charge in [-0.05, 0) is 31.9 Å². The molecule has 0 radical (unpaired) electrons. The van der Waals surface area contributed by atoms with E-state index in [9.17, 15) is 4.79 Å². The Morgan fingerprint density at radius 3 is 2.80 bits per heavy atom. The summed E-state index contributed by atoms with van der Waals surface area (Å²) in [6.07, 6.45) is 6.34. The third kappa shape index (κ3) is 3.08. The molecule has 1 amide bonds. The zero-order chi connectivity index (χ0) is 14.8. The van der Waals surface area contributed by atoms with Crippen molar-refractivity contribution in [3.8, 4) is 0 Å². The van der Waals surface area contributed by atoms with Crippen LogP contribution in [0.5, 0.6) is 0 Å². The maximum absolute atomic E-state index is 11.3. The first-order chi connectivity index (χ1) is 9.40. The molecule has 0 aliphatic carbocycles. The normalized spacial score (nSPS) is 13.9. The number of hydrogen-bond acceptors (Lipinski definition) is 2. The lowest BCUT2D eigenvalue weighted by Gasteiger charge is -2.16. The molecule has 2 aromatic rings. The van der Waals surface area contributed by atoms with Crippen LogP contribution in [0.3, 0.4) is 0 Å². The maximum Gasteiger partial charge on any atom is 0.226 e. The number of carbonyl (C=O) groups excluding carboxylic acids is 1. The van der Waals surface area contributed by atoms with Crippen LogP contribution in [0.1, 0.15) is 19.4 Å². The minimum Gasteiger partial charge on any atom is -0.369 e. The molecule has 1 heterocycles. The van der Waals surface area contributed by atoms with Crippen LogP contribution in [0, 0.1) is 5.41 Å². The van der Waals surface area contributed by atoms with Gasteiger partial charge in [0.25, 0.3) is 0 Å². The number of amides is 1. The molecule has 0 unspecified atom stereocenters. The Morgan fingerprint density at radius 1 is 1.40 bits per heavy atom. The highest BCUT2D eigenvalue weighted by Gasteiger charge is 2.21. The first-order valence-corrected chi connectivity index (χ1v) is 6.70. The summed E-state index contributed by atoms with van der Waals surface area (Å²) < 4.78 is 0. The van der Waals surface area contributed by atoms with Crippen molar-refractivity contribution in [1.82, 2.24) is 4.98 Å². The van der Waals surface area contributed by atoms with E-state index in [-0.39, 0.29) is 11.9 Å². The van der Waals surface area contributed by atoms with E-state index in [0.29, 0.717) is 0 Å². The topological polar surface area (TPSA) is 84.9 Å². The zero-order valence-corrected chi connectivity index (χ0v) is 11.9. The molecular formula is C16H21N3O. The fourth-order valence-corrected chi connectivity index (χ4v) is 2.07. The first kappa shape index (κ1) is 14.3. The summed E-state index contributed by atoms with van der Waals surface area (Å²) in [5.74, 6) is -0.354. The summed E-state index contributed by atoms with van der Waals surface area (Å²) in [4.78, 5) is 14.5. The molecule has 1 atom stereocenters. The van der Waals surface area contributed by atoms with Crippen molar-refractivity contribution >= 4 is 16.8 Å². The number of nitrogens with two attached hydrogens (primary N) is 2. The summed E-state index contributed by atoms with van der Waals surface area (Å²) in [7, 11) is 0. The predicted octanol–water partition coefficient (Wildman–Crippen LogP) is 2.11. The quantitative estimate of drug-likeness (QED) is 0.727. The average molecular weight is 271 g/mol. The second-order valence-electron chi connectivity index (χ2n) is 5.67. The van der Waals surface area contributed by atoms with Crippen LogP contribution in [0.15, 0.2) is 42.6 Å². The summed E-state index contributed by atoms with van der Waals surface area (Å²) in [6.45, 7) is 3.56. The van der Waals surface area contributed by atoms with Gasteiger partial charge in [0, 0.05) is 23.1 Å². The number of benzene rings is 1. The predicted molar refractivity (Wildman–Crippen MR) is 82.1 cm³/mol. The van der Waals surface area contributed by atoms with Crippen LogP contribution in [-0.2, 0) is 11.2 Å². The first-order valence-electron chi connectivity index (χ1n) is 6.70. The molecule has 0 fully saturated rings. The van der Waals surface area contributed by atoms with E-state index in [2.05, 4.69) is 11.1 Å². The molecular weight excluding hydrogens is 250 g/mol. The van der Waals surface area contributed by atoms with Gasteiger partial charge < -0.3 is 16.5 Å². The van der Waals surface area contributed by atoms with E-state index in [1.807, 2.05) is 30.5 Å². The van der Waals surface area contributed by atoms with Gasteiger partial charge in [0.1, 0.15) is 0 Å². The van der Waals surface area contributed by atoms with Crippen molar-refractivity contribution in [3.63, 3.8) is 0 Å². The number of rotatable bonds is 5. The highest BCUT2D eigenvalue weighted by atomic mass is 16.1. The van der Waals surface area contributed by atoms with E-state index < -0.39 is 5.41 Å². The van der Waals surface area contributed by atoms with Crippen molar-refractivity contribution in [2.24, 2.45) is 16.9 Å². The molecule has 0 aliphatic rings. The fraction of sp³-hybridized carbons (Fsp3) is 0.312. The molecule has 0 aliphatic heterocycles. The highest BCUT2D eigenvalue weighted by molar-refractivity contribution is 5.83. The summed E-state index contributed by atoms with van der Waals surface area (Å²) in [6, 6.07) is 7.98. The SMILES string of the molecule is CC(C)(C=C[C@H](N)Cc1c[nH]c2ccccc12)C(N)=O. The second kappa shape index (κ2) is 5.51. The number of hydrogen-bond donors (Lipinski definition) is 3. The zero-order valence-electron chi connectivity index (χ0n) is 11.9. The standard InChI is InChI=1S/C16H21N3O/c1-16(2,15(18)20)8-7-12(17)9-11-10-19-14-6-4-3-5-13(11)14/h3-8,10,12,19H,9,17H2,1-2H3,(H2,18,20)/t12-/m0/s1. The van der Waals surface area contributed by atoms with Gasteiger partial charge in [0.05, 0.1) is 5.41 Å². The molecule has 106 valence electrons. The van der Waals surface area contributed by atoms with E-state index in [4.69, 9.17) is 11.5 Å². The van der Waals surface area contributed by atoms with Crippen molar-refractivity contribution in [2.75, 3.05) is 0 Å². The van der Waals surface area contributed by atoms with Gasteiger partial charge in [-0.3, -0.25) is 4.79 Å². The molecule has 1 aromatic heterocycles. The molecule has 20 heavy (non-hydrogen) atoms. The van der Waals surface area contributed by atoms with Crippen LogP contribution in [0.25, 0.3) is 10.9 Å². The second-order valence-corrected chi connectivity index (χ2v) is 5.67. The van der Waals surface area contributed by atoms with Crippen molar-refractivity contribution in [3.05, 3.63) is 48.2 Å². The van der Waals surface area contributed by atoms with Crippen molar-refractivity contribution < 1.29 is 4.79 Å². The van der Waals surface area contributed by atoms with Crippen LogP contribution in [-0.4, -0.2) is 16.9 Å². The Labute approximate surface area is 118 Å². The Kier molecular flexibility index (Phi) is 3.95. The lowest BCUT2D eigenvalue weighted by atomic mass is 9.91. The van der Waals surface area contributed by atoms with Crippen molar-refractivity contribution in [1.29, 1.82) is 0 Å². The largest absolute Gasteiger partial charge is 0.369 e. The van der Waals surface area contributed by atoms with Gasteiger partial charge in [0.2, 0.25) is 5.91 Å². The lowest BCUT2D eigenvalue weighted by Crippen LogP contribution is -2.30. The number of para-hydroxylation sites is 1. The summed E-state index contributed by atoms with van der Waals surface area (Å²) >= 11 is 0. The Balaban J connectivity index is 2.10. The van der Waals surface area contributed by atoms with E-state index in [1.165, 1.54) is 10.9 Å². The summed E-state index contributed by atoms with van der Waals surface area (Å²) in [5, 5.41) is 1.19. The number of carbonyl (C=O) groups is 1. The number of aromatic amines is 1. The number of aromatic nitrogens is 1. The van der Waals surface area contributed by atoms with E-state index in [1.54, 1.807) is 19.9 Å². The smallest absolute Gasteiger partial charge is 0.226 e. The average Bonchev–Trinajstić information content (AvgIpc) is 2.80. The van der Waals surface area contributed by atoms with Crippen LogP contribution in [0.4, 0.5) is 0 Å². The van der Waals surface area contributed by atoms with Crippen LogP contribution < -0.4 is 11.5 Å². The Hall–Kier alpha value is -2.07. The van der Waals surface area contributed by atoms with Crippen molar-refractivity contribution in [2.45, 2.75) is 26.3 Å². The molecule has 4 heteroatoms. The van der Waals surface area contributed by atoms with E-state index in [0.717, 1.165) is 11.9 Å². The third-order valence-corrected chi connectivity index (χ3v) is 3.53. The maximum atomic E-state index is 11.3. The Bertz CT molecular complexity index is 640. The third-order valence-electron chi connectivity index (χ3n) is 3.53. The fourth-order valence-electron chi connectivity index (χ4n) is 2.07. The van der Waals surface area contributed by atoms with E-state index >= 15 is 0 Å². The number of fused-ring (bicyclic) bond motifs is 1. The van der Waals surface area contributed by atoms with Gasteiger partial charge in [-0.15, -0.1) is 0 Å². The molecule has 0 bridgehead atoms. The molecule has 0 saturated carbocycles. The number of nitrogens with one attached hydrogen (secondary N) is 1. The van der Waals surface area contributed by atoms with Gasteiger partial charge >= 0.3 is 0 Å². The van der Waals surface area contributed by atoms with Gasteiger partial charge in [0.15, 0.2) is 0 Å². The number of primary amides is 1. The number of H-pyrrole nitrogens is 1. The Morgan fingerprint density at radius 2 is 2.10 bits per heavy atom. The van der Waals surface area contributed by atoms with Crippen LogP contribution >= 0.6 is 0 Å². The molecule has 5 N–H and O–H groups in total. The molecule has 4 nitrogen and oxygen atoms in total. The summed E-state index contributed by atoms with van der Waals surface area (Å²) in [5.41, 5.74) is 13.1. The highest BCUT2D eigenvalue weighted by Crippen LogP contribution is 2.20. The van der Waals surface area contributed by atoms with Gasteiger partial charge in [-0.2, -0.15) is 0 Å². The molecule has 0 saturated heterocycles. The minimum absolute atomic E-state index is 0.146. The lowest BCUT2D eigenvalue weighted by molar-refractivity contribution is -0.123. The van der Waals surface area contributed by atoms with Gasteiger partial charge in [-0.1, -0.05) is 30.4 Å². The minimum atomic E-state index is -0.669. The molecule has 1 aromatic carbocycles. The van der Waals surface area contributed by atoms with Gasteiger partial charge in [-0.25, -0.2) is 0 Å². The molecule has 0 spiro atoms.